The molecule has 0 aromatic heterocycles. The molecule has 0 saturated carbocycles. The molecular formula is C29H24F6N2O7. The molecule has 2 aromatic carbocycles. The first kappa shape index (κ1) is 32.4. The second kappa shape index (κ2) is 13.0. The van der Waals surface area contributed by atoms with Gasteiger partial charge in [0.25, 0.3) is 11.8 Å². The minimum atomic E-state index is -5.52. The number of hydrogen-bond donors (Lipinski definition) is 0. The number of hydrogen-bond acceptors (Lipinski definition) is 8. The highest BCUT2D eigenvalue weighted by Crippen LogP contribution is 2.47. The number of aliphatic imine (C=N–C) groups is 1. The van der Waals surface area contributed by atoms with Gasteiger partial charge >= 0.3 is 18.1 Å². The van der Waals surface area contributed by atoms with Gasteiger partial charge in [0.05, 0.1) is 67.1 Å². The van der Waals surface area contributed by atoms with Crippen LogP contribution in [0.3, 0.4) is 0 Å². The van der Waals surface area contributed by atoms with Crippen molar-refractivity contribution < 1.29 is 59.7 Å². The van der Waals surface area contributed by atoms with Crippen LogP contribution >= 0.6 is 0 Å². The zero-order valence-electron chi connectivity index (χ0n) is 23.2. The Morgan fingerprint density at radius 3 is 2.16 bits per heavy atom. The van der Waals surface area contributed by atoms with Crippen molar-refractivity contribution in [3.63, 3.8) is 0 Å². The van der Waals surface area contributed by atoms with Crippen LogP contribution in [0.25, 0.3) is 0 Å². The van der Waals surface area contributed by atoms with Crippen molar-refractivity contribution in [1.82, 2.24) is 4.90 Å². The number of fused-ring (bicyclic) bond motifs is 1. The summed E-state index contributed by atoms with van der Waals surface area (Å²) in [5.41, 5.74) is -5.35. The van der Waals surface area contributed by atoms with Gasteiger partial charge in [0, 0.05) is 11.5 Å². The molecule has 0 N–H and O–H groups in total. The summed E-state index contributed by atoms with van der Waals surface area (Å²) in [6.45, 7) is -1.94. The number of ether oxygens (including phenoxy) is 3. The number of halogens is 6. The summed E-state index contributed by atoms with van der Waals surface area (Å²) in [5.74, 6) is -11.9. The Hall–Kier alpha value is -4.53. The highest BCUT2D eigenvalue weighted by molar-refractivity contribution is 6.21. The third kappa shape index (κ3) is 5.96. The number of carbonyl (C=O) groups excluding carboxylic acids is 4. The second-order valence-electron chi connectivity index (χ2n) is 9.47. The Morgan fingerprint density at radius 1 is 1.00 bits per heavy atom. The number of amides is 2. The molecule has 2 aliphatic heterocycles. The van der Waals surface area contributed by atoms with Gasteiger partial charge in [-0.3, -0.25) is 24.3 Å². The number of esters is 2. The van der Waals surface area contributed by atoms with E-state index in [1.807, 2.05) is 0 Å². The van der Waals surface area contributed by atoms with E-state index in [0.29, 0.717) is 6.07 Å². The number of rotatable bonds is 10. The van der Waals surface area contributed by atoms with E-state index < -0.39 is 94.8 Å². The SMILES string of the molecule is CCOC(=O)C1=C(COCCN2C(=O)c3ccccc3C2=O)N=C(CF)C(C(=O)OC)C1c1c(F)ccc(F)c1C(F)(F)F. The van der Waals surface area contributed by atoms with E-state index in [4.69, 9.17) is 9.47 Å². The lowest BCUT2D eigenvalue weighted by molar-refractivity contribution is -0.146. The summed E-state index contributed by atoms with van der Waals surface area (Å²) >= 11 is 0. The Balaban J connectivity index is 1.77. The molecule has 2 atom stereocenters. The van der Waals surface area contributed by atoms with Gasteiger partial charge in [-0.1, -0.05) is 12.1 Å². The molecule has 0 bridgehead atoms. The fraction of sp³-hybridized carbons (Fsp3) is 0.345. The van der Waals surface area contributed by atoms with Gasteiger partial charge in [0.2, 0.25) is 0 Å². The smallest absolute Gasteiger partial charge is 0.419 e. The minimum absolute atomic E-state index is 0.170. The molecule has 0 aliphatic carbocycles. The monoisotopic (exact) mass is 626 g/mol. The molecule has 2 heterocycles. The largest absolute Gasteiger partial charge is 0.468 e. The number of carbonyl (C=O) groups is 4. The molecular weight excluding hydrogens is 602 g/mol. The molecule has 0 saturated heterocycles. The van der Waals surface area contributed by atoms with Crippen LogP contribution in [0.4, 0.5) is 26.3 Å². The highest BCUT2D eigenvalue weighted by Gasteiger charge is 2.50. The summed E-state index contributed by atoms with van der Waals surface area (Å²) in [6.07, 6.45) is -5.52. The average molecular weight is 627 g/mol. The van der Waals surface area contributed by atoms with E-state index in [-0.39, 0.29) is 37.0 Å². The van der Waals surface area contributed by atoms with Gasteiger partial charge in [-0.2, -0.15) is 13.2 Å². The molecule has 2 unspecified atom stereocenters. The van der Waals surface area contributed by atoms with Crippen molar-refractivity contribution in [2.45, 2.75) is 19.0 Å². The van der Waals surface area contributed by atoms with E-state index in [1.165, 1.54) is 19.1 Å². The van der Waals surface area contributed by atoms with E-state index in [9.17, 15) is 41.1 Å². The van der Waals surface area contributed by atoms with Crippen LogP contribution in [-0.2, 0) is 30.0 Å². The number of alkyl halides is 4. The predicted octanol–water partition coefficient (Wildman–Crippen LogP) is 4.41. The van der Waals surface area contributed by atoms with Gasteiger partial charge in [-0.15, -0.1) is 0 Å². The van der Waals surface area contributed by atoms with Gasteiger partial charge in [-0.25, -0.2) is 18.0 Å². The Labute approximate surface area is 246 Å². The normalized spacial score (nSPS) is 18.4. The van der Waals surface area contributed by atoms with Crippen LogP contribution in [0.5, 0.6) is 0 Å². The number of benzene rings is 2. The second-order valence-corrected chi connectivity index (χ2v) is 9.47. The molecule has 2 amide bonds. The average Bonchev–Trinajstić information content (AvgIpc) is 3.23. The van der Waals surface area contributed by atoms with Crippen LogP contribution in [0, 0.1) is 17.6 Å². The quantitative estimate of drug-likeness (QED) is 0.166. The van der Waals surface area contributed by atoms with Crippen molar-refractivity contribution in [2.24, 2.45) is 10.9 Å². The predicted molar refractivity (Wildman–Crippen MR) is 139 cm³/mol. The van der Waals surface area contributed by atoms with Crippen LogP contribution in [0.2, 0.25) is 0 Å². The lowest BCUT2D eigenvalue weighted by Gasteiger charge is -2.33. The third-order valence-corrected chi connectivity index (χ3v) is 6.99. The van der Waals surface area contributed by atoms with Gasteiger partial charge in [0.1, 0.15) is 24.2 Å². The lowest BCUT2D eigenvalue weighted by Crippen LogP contribution is -2.40. The molecule has 9 nitrogen and oxygen atoms in total. The van der Waals surface area contributed by atoms with Crippen molar-refractivity contribution in [2.75, 3.05) is 40.1 Å². The number of nitrogens with zero attached hydrogens (tertiary/aromatic N) is 2. The van der Waals surface area contributed by atoms with Crippen molar-refractivity contribution >= 4 is 29.5 Å². The fourth-order valence-electron chi connectivity index (χ4n) is 5.15. The summed E-state index contributed by atoms with van der Waals surface area (Å²) in [5, 5.41) is 0. The Kier molecular flexibility index (Phi) is 9.56. The Bertz CT molecular complexity index is 1530. The fourth-order valence-corrected chi connectivity index (χ4v) is 5.15. The van der Waals surface area contributed by atoms with Crippen LogP contribution in [0.15, 0.2) is 52.7 Å². The van der Waals surface area contributed by atoms with E-state index >= 15 is 4.39 Å². The van der Waals surface area contributed by atoms with Crippen LogP contribution in [0.1, 0.15) is 44.7 Å². The topological polar surface area (TPSA) is 112 Å². The first-order valence-corrected chi connectivity index (χ1v) is 13.1. The minimum Gasteiger partial charge on any atom is -0.468 e. The first-order valence-electron chi connectivity index (χ1n) is 13.1. The van der Waals surface area contributed by atoms with E-state index in [0.717, 1.165) is 12.0 Å². The zero-order chi connectivity index (χ0) is 32.3. The van der Waals surface area contributed by atoms with Gasteiger partial charge in [-0.05, 0) is 31.2 Å². The molecule has 0 fully saturated rings. The van der Waals surface area contributed by atoms with E-state index in [1.54, 1.807) is 12.1 Å². The maximum atomic E-state index is 15.3. The van der Waals surface area contributed by atoms with Gasteiger partial charge in [0.15, 0.2) is 0 Å². The van der Waals surface area contributed by atoms with Crippen LogP contribution < -0.4 is 0 Å². The highest BCUT2D eigenvalue weighted by atomic mass is 19.4. The third-order valence-electron chi connectivity index (χ3n) is 6.99. The molecule has 4 rings (SSSR count). The van der Waals surface area contributed by atoms with Gasteiger partial charge < -0.3 is 14.2 Å². The molecule has 0 radical (unpaired) electrons. The summed E-state index contributed by atoms with van der Waals surface area (Å²) in [6, 6.07) is 6.65. The molecule has 44 heavy (non-hydrogen) atoms. The maximum Gasteiger partial charge on any atom is 0.419 e. The summed E-state index contributed by atoms with van der Waals surface area (Å²) in [4.78, 5) is 56.1. The lowest BCUT2D eigenvalue weighted by atomic mass is 9.73. The number of methoxy groups -OCH3 is 1. The molecule has 0 spiro atoms. The summed E-state index contributed by atoms with van der Waals surface area (Å²) in [7, 11) is 0.827. The molecule has 2 aromatic rings. The van der Waals surface area contributed by atoms with Crippen molar-refractivity contribution in [3.8, 4) is 0 Å². The van der Waals surface area contributed by atoms with Crippen LogP contribution in [-0.4, -0.2) is 74.5 Å². The molecule has 234 valence electrons. The standard InChI is InChI=1S/C29H24F6N2O7/c1-3-44-28(41)22-19(13-43-11-10-37-25(38)14-6-4-5-7-15(14)26(37)39)36-18(12-30)21(27(40)42-2)23(22)20-16(31)8-9-17(32)24(20)29(33,34)35/h4-9,21,23H,3,10-13H2,1-2H3. The summed E-state index contributed by atoms with van der Waals surface area (Å²) < 4.78 is 102. The molecule has 15 heteroatoms. The van der Waals surface area contributed by atoms with E-state index in [2.05, 4.69) is 9.73 Å². The Morgan fingerprint density at radius 2 is 1.61 bits per heavy atom. The number of imide groups is 1. The maximum absolute atomic E-state index is 15.3. The van der Waals surface area contributed by atoms with Crippen molar-refractivity contribution in [1.29, 1.82) is 0 Å². The first-order chi connectivity index (χ1) is 20.9. The molecule has 2 aliphatic rings. The zero-order valence-corrected chi connectivity index (χ0v) is 23.2. The van der Waals surface area contributed by atoms with Crippen molar-refractivity contribution in [3.05, 3.63) is 81.6 Å².